The molecule has 0 atom stereocenters. The Hall–Kier alpha value is -2.50. The van der Waals surface area contributed by atoms with E-state index in [0.29, 0.717) is 42.6 Å². The second kappa shape index (κ2) is 8.89. The number of nitrogens with zero attached hydrogens (tertiary/aromatic N) is 3. The maximum Gasteiger partial charge on any atom is 0.223 e. The fraction of sp³-hybridized carbons (Fsp3) is 0.273. The second-order valence-electron chi connectivity index (χ2n) is 6.95. The zero-order chi connectivity index (χ0) is 20.2. The van der Waals surface area contributed by atoms with Crippen LogP contribution in [0, 0.1) is 0 Å². The number of oxazole rings is 1. The molecule has 0 bridgehead atoms. The number of aryl methyl sites for hydroxylation is 1. The maximum atomic E-state index is 12.6. The Morgan fingerprint density at radius 3 is 2.59 bits per heavy atom. The van der Waals surface area contributed by atoms with Gasteiger partial charge in [0.15, 0.2) is 11.7 Å². The SMILES string of the molecule is O=C(CCc1ncc(-c2ccccc2Cl)o1)N1CCN(c2cccc(Cl)c2)CC1. The molecule has 1 aliphatic rings. The monoisotopic (exact) mass is 429 g/mol. The fourth-order valence-electron chi connectivity index (χ4n) is 3.47. The van der Waals surface area contributed by atoms with E-state index < -0.39 is 0 Å². The number of carbonyl (C=O) groups is 1. The molecule has 1 amide bonds. The highest BCUT2D eigenvalue weighted by molar-refractivity contribution is 6.33. The van der Waals surface area contributed by atoms with E-state index in [1.807, 2.05) is 53.4 Å². The van der Waals surface area contributed by atoms with Crippen molar-refractivity contribution in [3.8, 4) is 11.3 Å². The average Bonchev–Trinajstić information content (AvgIpc) is 3.21. The van der Waals surface area contributed by atoms with Crippen LogP contribution < -0.4 is 4.90 Å². The minimum atomic E-state index is 0.119. The number of anilines is 1. The molecule has 0 unspecified atom stereocenters. The van der Waals surface area contributed by atoms with Crippen molar-refractivity contribution in [2.75, 3.05) is 31.1 Å². The van der Waals surface area contributed by atoms with Crippen LogP contribution in [0.2, 0.25) is 10.0 Å². The van der Waals surface area contributed by atoms with Gasteiger partial charge in [-0.3, -0.25) is 4.79 Å². The summed E-state index contributed by atoms with van der Waals surface area (Å²) < 4.78 is 5.79. The molecule has 29 heavy (non-hydrogen) atoms. The number of amides is 1. The first-order valence-corrected chi connectivity index (χ1v) is 10.3. The first-order chi connectivity index (χ1) is 14.1. The second-order valence-corrected chi connectivity index (χ2v) is 7.79. The topological polar surface area (TPSA) is 49.6 Å². The quantitative estimate of drug-likeness (QED) is 0.576. The summed E-state index contributed by atoms with van der Waals surface area (Å²) in [5, 5.41) is 1.34. The highest BCUT2D eigenvalue weighted by Gasteiger charge is 2.22. The summed E-state index contributed by atoms with van der Waals surface area (Å²) >= 11 is 12.3. The van der Waals surface area contributed by atoms with Gasteiger partial charge in [-0.2, -0.15) is 0 Å². The minimum Gasteiger partial charge on any atom is -0.441 e. The predicted octanol–water partition coefficient (Wildman–Crippen LogP) is 4.93. The zero-order valence-corrected chi connectivity index (χ0v) is 17.4. The van der Waals surface area contributed by atoms with Crippen LogP contribution in [0.15, 0.2) is 59.1 Å². The summed E-state index contributed by atoms with van der Waals surface area (Å²) in [5.41, 5.74) is 1.90. The normalized spacial score (nSPS) is 14.3. The molecule has 7 heteroatoms. The lowest BCUT2D eigenvalue weighted by molar-refractivity contribution is -0.131. The van der Waals surface area contributed by atoms with E-state index >= 15 is 0 Å². The molecule has 5 nitrogen and oxygen atoms in total. The smallest absolute Gasteiger partial charge is 0.223 e. The van der Waals surface area contributed by atoms with E-state index in [9.17, 15) is 4.79 Å². The molecule has 150 valence electrons. The molecule has 3 aromatic rings. The Labute approximate surface area is 179 Å². The molecule has 1 saturated heterocycles. The van der Waals surface area contributed by atoms with Crippen molar-refractivity contribution in [3.63, 3.8) is 0 Å². The lowest BCUT2D eigenvalue weighted by Crippen LogP contribution is -2.48. The highest BCUT2D eigenvalue weighted by Crippen LogP contribution is 2.28. The number of benzene rings is 2. The lowest BCUT2D eigenvalue weighted by atomic mass is 10.2. The van der Waals surface area contributed by atoms with E-state index in [1.165, 1.54) is 0 Å². The van der Waals surface area contributed by atoms with Crippen LogP contribution in [0.3, 0.4) is 0 Å². The zero-order valence-electron chi connectivity index (χ0n) is 15.9. The first kappa shape index (κ1) is 19.8. The van der Waals surface area contributed by atoms with E-state index in [2.05, 4.69) is 9.88 Å². The van der Waals surface area contributed by atoms with Crippen LogP contribution in [0.5, 0.6) is 0 Å². The largest absolute Gasteiger partial charge is 0.441 e. The number of rotatable bonds is 5. The molecule has 2 heterocycles. The van der Waals surface area contributed by atoms with Crippen molar-refractivity contribution in [2.24, 2.45) is 0 Å². The third-order valence-electron chi connectivity index (χ3n) is 5.05. The van der Waals surface area contributed by atoms with Crippen molar-refractivity contribution < 1.29 is 9.21 Å². The Bertz CT molecular complexity index is 997. The standard InChI is InChI=1S/C22H21Cl2N3O2/c23-16-4-3-5-17(14-16)26-10-12-27(13-11-26)22(28)9-8-21-25-15-20(29-21)18-6-1-2-7-19(18)24/h1-7,14-15H,8-13H2. The molecule has 1 aromatic heterocycles. The van der Waals surface area contributed by atoms with Crippen LogP contribution in [0.1, 0.15) is 12.3 Å². The van der Waals surface area contributed by atoms with Gasteiger partial charge in [-0.05, 0) is 30.3 Å². The van der Waals surface area contributed by atoms with Crippen molar-refractivity contribution in [1.82, 2.24) is 9.88 Å². The Morgan fingerprint density at radius 1 is 1.03 bits per heavy atom. The molecule has 4 rings (SSSR count). The van der Waals surface area contributed by atoms with E-state index in [4.69, 9.17) is 27.6 Å². The number of halogens is 2. The Morgan fingerprint density at radius 2 is 1.83 bits per heavy atom. The van der Waals surface area contributed by atoms with Gasteiger partial charge in [-0.1, -0.05) is 41.4 Å². The van der Waals surface area contributed by atoms with Gasteiger partial charge in [-0.15, -0.1) is 0 Å². The third-order valence-corrected chi connectivity index (χ3v) is 5.62. The van der Waals surface area contributed by atoms with Gasteiger partial charge in [0.2, 0.25) is 5.91 Å². The van der Waals surface area contributed by atoms with E-state index in [0.717, 1.165) is 29.4 Å². The summed E-state index contributed by atoms with van der Waals surface area (Å²) in [6, 6.07) is 15.3. The van der Waals surface area contributed by atoms with Crippen LogP contribution in [-0.4, -0.2) is 42.0 Å². The number of carbonyl (C=O) groups excluding carboxylic acids is 1. The summed E-state index contributed by atoms with van der Waals surface area (Å²) in [4.78, 5) is 21.0. The van der Waals surface area contributed by atoms with Crippen molar-refractivity contribution >= 4 is 34.8 Å². The highest BCUT2D eigenvalue weighted by atomic mass is 35.5. The summed E-state index contributed by atoms with van der Waals surface area (Å²) in [6.07, 6.45) is 2.50. The molecule has 0 N–H and O–H groups in total. The Kier molecular flexibility index (Phi) is 6.07. The summed E-state index contributed by atoms with van der Waals surface area (Å²) in [7, 11) is 0. The summed E-state index contributed by atoms with van der Waals surface area (Å²) in [6.45, 7) is 2.98. The molecule has 0 radical (unpaired) electrons. The van der Waals surface area contributed by atoms with Gasteiger partial charge in [0.05, 0.1) is 11.2 Å². The number of aromatic nitrogens is 1. The minimum absolute atomic E-state index is 0.119. The number of hydrogen-bond acceptors (Lipinski definition) is 4. The van der Waals surface area contributed by atoms with Crippen LogP contribution in [-0.2, 0) is 11.2 Å². The molecule has 0 saturated carbocycles. The Balaban J connectivity index is 1.29. The molecule has 0 aliphatic carbocycles. The lowest BCUT2D eigenvalue weighted by Gasteiger charge is -2.36. The molecular formula is C22H21Cl2N3O2. The van der Waals surface area contributed by atoms with Crippen molar-refractivity contribution in [2.45, 2.75) is 12.8 Å². The van der Waals surface area contributed by atoms with Gasteiger partial charge >= 0.3 is 0 Å². The van der Waals surface area contributed by atoms with Gasteiger partial charge in [0.1, 0.15) is 0 Å². The van der Waals surface area contributed by atoms with Gasteiger partial charge in [0, 0.05) is 55.3 Å². The van der Waals surface area contributed by atoms with Gasteiger partial charge in [0.25, 0.3) is 0 Å². The van der Waals surface area contributed by atoms with Crippen molar-refractivity contribution in [3.05, 3.63) is 70.7 Å². The first-order valence-electron chi connectivity index (χ1n) is 9.58. The molecule has 2 aromatic carbocycles. The van der Waals surface area contributed by atoms with E-state index in [-0.39, 0.29) is 5.91 Å². The van der Waals surface area contributed by atoms with Gasteiger partial charge < -0.3 is 14.2 Å². The average molecular weight is 430 g/mol. The van der Waals surface area contributed by atoms with E-state index in [1.54, 1.807) is 6.20 Å². The molecule has 0 spiro atoms. The van der Waals surface area contributed by atoms with Crippen LogP contribution >= 0.6 is 23.2 Å². The maximum absolute atomic E-state index is 12.6. The summed E-state index contributed by atoms with van der Waals surface area (Å²) in [5.74, 6) is 1.28. The van der Waals surface area contributed by atoms with Crippen LogP contribution in [0.4, 0.5) is 5.69 Å². The molecule has 1 fully saturated rings. The third kappa shape index (κ3) is 4.74. The number of piperazine rings is 1. The predicted molar refractivity (Wildman–Crippen MR) is 116 cm³/mol. The van der Waals surface area contributed by atoms with Crippen LogP contribution in [0.25, 0.3) is 11.3 Å². The fourth-order valence-corrected chi connectivity index (χ4v) is 3.88. The van der Waals surface area contributed by atoms with Crippen molar-refractivity contribution in [1.29, 1.82) is 0 Å². The molecule has 1 aliphatic heterocycles. The number of hydrogen-bond donors (Lipinski definition) is 0. The molecular weight excluding hydrogens is 409 g/mol. The van der Waals surface area contributed by atoms with Gasteiger partial charge in [-0.25, -0.2) is 4.98 Å².